The van der Waals surface area contributed by atoms with Crippen molar-refractivity contribution in [2.45, 2.75) is 20.3 Å². The Labute approximate surface area is 152 Å². The van der Waals surface area contributed by atoms with E-state index in [-0.39, 0.29) is 5.91 Å². The summed E-state index contributed by atoms with van der Waals surface area (Å²) in [5.74, 6) is 0.452. The monoisotopic (exact) mass is 353 g/mol. The summed E-state index contributed by atoms with van der Waals surface area (Å²) in [6.07, 6.45) is 2.35. The van der Waals surface area contributed by atoms with E-state index in [4.69, 9.17) is 9.15 Å². The Hall–Kier alpha value is -2.86. The molecule has 2 heterocycles. The molecule has 0 radical (unpaired) electrons. The average molecular weight is 353 g/mol. The minimum atomic E-state index is -0.175. The van der Waals surface area contributed by atoms with Gasteiger partial charge in [0.05, 0.1) is 12.0 Å². The van der Waals surface area contributed by atoms with Crippen molar-refractivity contribution in [2.24, 2.45) is 0 Å². The molecule has 0 atom stereocenters. The summed E-state index contributed by atoms with van der Waals surface area (Å²) in [5, 5.41) is 7.54. The van der Waals surface area contributed by atoms with Crippen molar-refractivity contribution >= 4 is 5.91 Å². The molecule has 1 aromatic carbocycles. The van der Waals surface area contributed by atoms with E-state index >= 15 is 0 Å². The largest absolute Gasteiger partial charge is 0.463 e. The van der Waals surface area contributed by atoms with Crippen LogP contribution in [0.1, 0.15) is 28.0 Å². The second-order valence-corrected chi connectivity index (χ2v) is 6.20. The van der Waals surface area contributed by atoms with Gasteiger partial charge in [-0.2, -0.15) is 5.10 Å². The van der Waals surface area contributed by atoms with Gasteiger partial charge in [0.25, 0.3) is 5.91 Å². The van der Waals surface area contributed by atoms with Crippen molar-refractivity contribution in [1.29, 1.82) is 0 Å². The molecule has 6 heteroatoms. The molecule has 3 aromatic rings. The van der Waals surface area contributed by atoms with Gasteiger partial charge in [-0.3, -0.25) is 4.79 Å². The average Bonchev–Trinajstić information content (AvgIpc) is 3.28. The number of benzene rings is 1. The Morgan fingerprint density at radius 3 is 2.81 bits per heavy atom. The minimum absolute atomic E-state index is 0.175. The van der Waals surface area contributed by atoms with Crippen LogP contribution in [0.4, 0.5) is 0 Å². The van der Waals surface area contributed by atoms with Gasteiger partial charge >= 0.3 is 0 Å². The number of rotatable bonds is 7. The van der Waals surface area contributed by atoms with E-state index in [2.05, 4.69) is 16.5 Å². The van der Waals surface area contributed by atoms with Gasteiger partial charge in [-0.15, -0.1) is 0 Å². The van der Waals surface area contributed by atoms with Gasteiger partial charge < -0.3 is 14.5 Å². The molecule has 0 saturated carbocycles. The lowest BCUT2D eigenvalue weighted by Gasteiger charge is -2.11. The molecular weight excluding hydrogens is 330 g/mol. The van der Waals surface area contributed by atoms with Crippen molar-refractivity contribution in [2.75, 3.05) is 20.3 Å². The van der Waals surface area contributed by atoms with Crippen LogP contribution in [-0.4, -0.2) is 35.9 Å². The van der Waals surface area contributed by atoms with Crippen molar-refractivity contribution in [3.63, 3.8) is 0 Å². The maximum atomic E-state index is 12.7. The van der Waals surface area contributed by atoms with E-state index in [1.807, 2.05) is 32.0 Å². The van der Waals surface area contributed by atoms with Crippen LogP contribution in [-0.2, 0) is 4.74 Å². The molecule has 0 unspecified atom stereocenters. The molecule has 3 rings (SSSR count). The predicted molar refractivity (Wildman–Crippen MR) is 99.6 cm³/mol. The fourth-order valence-corrected chi connectivity index (χ4v) is 2.82. The number of furan rings is 1. The lowest BCUT2D eigenvalue weighted by molar-refractivity contribution is 0.0941. The number of hydrogen-bond acceptors (Lipinski definition) is 4. The normalized spacial score (nSPS) is 10.9. The van der Waals surface area contributed by atoms with Gasteiger partial charge in [-0.05, 0) is 44.0 Å². The summed E-state index contributed by atoms with van der Waals surface area (Å²) in [6, 6.07) is 11.4. The van der Waals surface area contributed by atoms with Crippen LogP contribution in [0.2, 0.25) is 0 Å². The van der Waals surface area contributed by atoms with Crippen LogP contribution in [0, 0.1) is 13.8 Å². The highest BCUT2D eigenvalue weighted by atomic mass is 16.5. The number of carbonyl (C=O) groups excluding carboxylic acids is 1. The zero-order valence-electron chi connectivity index (χ0n) is 15.3. The van der Waals surface area contributed by atoms with Gasteiger partial charge in [0.15, 0.2) is 5.76 Å². The van der Waals surface area contributed by atoms with Crippen LogP contribution in [0.25, 0.3) is 17.1 Å². The van der Waals surface area contributed by atoms with E-state index in [1.54, 1.807) is 30.2 Å². The molecule has 6 nitrogen and oxygen atoms in total. The highest BCUT2D eigenvalue weighted by molar-refractivity contribution is 5.94. The van der Waals surface area contributed by atoms with Gasteiger partial charge in [0.2, 0.25) is 0 Å². The van der Waals surface area contributed by atoms with E-state index < -0.39 is 0 Å². The van der Waals surface area contributed by atoms with Crippen molar-refractivity contribution in [3.8, 4) is 17.1 Å². The number of ether oxygens (including phenoxy) is 1. The number of aryl methyl sites for hydroxylation is 2. The molecular formula is C20H23N3O3. The van der Waals surface area contributed by atoms with E-state index in [1.165, 1.54) is 0 Å². The Morgan fingerprint density at radius 2 is 2.12 bits per heavy atom. The smallest absolute Gasteiger partial charge is 0.270 e. The predicted octanol–water partition coefficient (Wildman–Crippen LogP) is 3.52. The van der Waals surface area contributed by atoms with Gasteiger partial charge in [-0.25, -0.2) is 4.68 Å². The second kappa shape index (κ2) is 8.01. The van der Waals surface area contributed by atoms with Crippen LogP contribution in [0.5, 0.6) is 0 Å². The third-order valence-corrected chi connectivity index (χ3v) is 4.11. The first kappa shape index (κ1) is 17.9. The molecule has 0 bridgehead atoms. The fraction of sp³-hybridized carbons (Fsp3) is 0.300. The molecule has 0 aliphatic rings. The molecule has 0 spiro atoms. The van der Waals surface area contributed by atoms with Gasteiger partial charge in [0, 0.05) is 26.3 Å². The maximum Gasteiger partial charge on any atom is 0.270 e. The SMILES string of the molecule is COCCCNC(=O)c1cc(-c2ccco2)nn1-c1ccc(C)cc1C. The summed E-state index contributed by atoms with van der Waals surface area (Å²) < 4.78 is 12.1. The summed E-state index contributed by atoms with van der Waals surface area (Å²) in [7, 11) is 1.65. The third kappa shape index (κ3) is 3.86. The third-order valence-electron chi connectivity index (χ3n) is 4.11. The Balaban J connectivity index is 1.97. The summed E-state index contributed by atoms with van der Waals surface area (Å²) in [5.41, 5.74) is 4.18. The van der Waals surface area contributed by atoms with E-state index in [0.717, 1.165) is 23.2 Å². The summed E-state index contributed by atoms with van der Waals surface area (Å²) in [4.78, 5) is 12.7. The Bertz CT molecular complexity index is 882. The molecule has 136 valence electrons. The highest BCUT2D eigenvalue weighted by Crippen LogP contribution is 2.24. The number of amides is 1. The van der Waals surface area contributed by atoms with Crippen molar-refractivity contribution < 1.29 is 13.9 Å². The molecule has 0 aliphatic heterocycles. The molecule has 0 aliphatic carbocycles. The first-order valence-electron chi connectivity index (χ1n) is 8.59. The second-order valence-electron chi connectivity index (χ2n) is 6.20. The number of methoxy groups -OCH3 is 1. The van der Waals surface area contributed by atoms with Crippen molar-refractivity contribution in [3.05, 3.63) is 59.5 Å². The minimum Gasteiger partial charge on any atom is -0.463 e. The lowest BCUT2D eigenvalue weighted by Crippen LogP contribution is -2.27. The van der Waals surface area contributed by atoms with Crippen LogP contribution >= 0.6 is 0 Å². The number of nitrogens with zero attached hydrogens (tertiary/aromatic N) is 2. The molecule has 26 heavy (non-hydrogen) atoms. The topological polar surface area (TPSA) is 69.3 Å². The first-order valence-corrected chi connectivity index (χ1v) is 8.59. The number of aromatic nitrogens is 2. The van der Waals surface area contributed by atoms with Gasteiger partial charge in [0.1, 0.15) is 11.4 Å². The molecule has 0 saturated heterocycles. The number of nitrogens with one attached hydrogen (secondary N) is 1. The van der Waals surface area contributed by atoms with Gasteiger partial charge in [-0.1, -0.05) is 17.7 Å². The number of hydrogen-bond donors (Lipinski definition) is 1. The standard InChI is InChI=1S/C20H23N3O3/c1-14-7-8-17(15(2)12-14)23-18(20(24)21-9-5-10-25-3)13-16(22-23)19-6-4-11-26-19/h4,6-8,11-13H,5,9-10H2,1-3H3,(H,21,24). The van der Waals surface area contributed by atoms with Crippen LogP contribution < -0.4 is 5.32 Å². The van der Waals surface area contributed by atoms with E-state index in [0.29, 0.717) is 30.3 Å². The Kier molecular flexibility index (Phi) is 5.53. The maximum absolute atomic E-state index is 12.7. The van der Waals surface area contributed by atoms with Crippen LogP contribution in [0.15, 0.2) is 47.1 Å². The molecule has 1 N–H and O–H groups in total. The molecule has 2 aromatic heterocycles. The molecule has 1 amide bonds. The lowest BCUT2D eigenvalue weighted by atomic mass is 10.1. The zero-order valence-corrected chi connectivity index (χ0v) is 15.3. The summed E-state index contributed by atoms with van der Waals surface area (Å²) >= 11 is 0. The van der Waals surface area contributed by atoms with Crippen LogP contribution in [0.3, 0.4) is 0 Å². The highest BCUT2D eigenvalue weighted by Gasteiger charge is 2.19. The molecule has 0 fully saturated rings. The fourth-order valence-electron chi connectivity index (χ4n) is 2.82. The Morgan fingerprint density at radius 1 is 1.27 bits per heavy atom. The first-order chi connectivity index (χ1) is 12.6. The number of carbonyl (C=O) groups is 1. The summed E-state index contributed by atoms with van der Waals surface area (Å²) in [6.45, 7) is 5.20. The van der Waals surface area contributed by atoms with E-state index in [9.17, 15) is 4.79 Å². The van der Waals surface area contributed by atoms with Crippen molar-refractivity contribution in [1.82, 2.24) is 15.1 Å². The quantitative estimate of drug-likeness (QED) is 0.660. The zero-order chi connectivity index (χ0) is 18.5.